The highest BCUT2D eigenvalue weighted by molar-refractivity contribution is 5.97. The molecule has 5 nitrogen and oxygen atoms in total. The molecule has 2 unspecified atom stereocenters. The van der Waals surface area contributed by atoms with Crippen LogP contribution < -0.4 is 11.1 Å². The number of carbonyl (C=O) groups excluding carboxylic acids is 2. The van der Waals surface area contributed by atoms with Crippen molar-refractivity contribution in [3.63, 3.8) is 0 Å². The van der Waals surface area contributed by atoms with E-state index in [1.54, 1.807) is 0 Å². The first-order chi connectivity index (χ1) is 12.6. The maximum Gasteiger partial charge on any atom is 0.253 e. The predicted molar refractivity (Wildman–Crippen MR) is 109 cm³/mol. The average molecular weight is 392 g/mol. The number of nitrogens with two attached hydrogens (primary N) is 1. The van der Waals surface area contributed by atoms with Crippen molar-refractivity contribution in [2.45, 2.75) is 51.0 Å². The van der Waals surface area contributed by atoms with E-state index in [4.69, 9.17) is 5.73 Å². The number of anilines is 1. The summed E-state index contributed by atoms with van der Waals surface area (Å²) >= 11 is 0. The minimum Gasteiger partial charge on any atom is -0.339 e. The van der Waals surface area contributed by atoms with Gasteiger partial charge in [-0.2, -0.15) is 0 Å². The lowest BCUT2D eigenvalue weighted by Gasteiger charge is -2.43. The lowest BCUT2D eigenvalue weighted by Crippen LogP contribution is -2.48. The predicted octanol–water partition coefficient (Wildman–Crippen LogP) is 3.44. The standard InChI is InChI=1S/C21H29N3O2.ClH/c22-19-14-5-3-6-15(19)12-17(11-14)20(25)23-18-8-4-7-16(13-18)21(26)24-9-1-2-10-24;/h4,7-8,13-15,17,19H,1-3,5-6,9-12,22H2,(H,23,25);1H. The first-order valence-electron chi connectivity index (χ1n) is 10.1. The van der Waals surface area contributed by atoms with Gasteiger partial charge in [-0.1, -0.05) is 12.5 Å². The van der Waals surface area contributed by atoms with Gasteiger partial charge in [0.25, 0.3) is 5.91 Å². The van der Waals surface area contributed by atoms with Crippen molar-refractivity contribution < 1.29 is 9.59 Å². The zero-order valence-corrected chi connectivity index (χ0v) is 16.5. The van der Waals surface area contributed by atoms with Gasteiger partial charge in [-0.25, -0.2) is 0 Å². The quantitative estimate of drug-likeness (QED) is 0.828. The molecule has 1 aromatic rings. The summed E-state index contributed by atoms with van der Waals surface area (Å²) in [6, 6.07) is 7.64. The maximum atomic E-state index is 12.8. The molecule has 1 aromatic carbocycles. The number of fused-ring (bicyclic) bond motifs is 2. The molecule has 0 spiro atoms. The number of carbonyl (C=O) groups is 2. The lowest BCUT2D eigenvalue weighted by molar-refractivity contribution is -0.122. The van der Waals surface area contributed by atoms with Crippen molar-refractivity contribution in [1.82, 2.24) is 4.90 Å². The maximum absolute atomic E-state index is 12.8. The Balaban J connectivity index is 0.00000210. The fourth-order valence-electron chi connectivity index (χ4n) is 5.08. The molecule has 0 radical (unpaired) electrons. The highest BCUT2D eigenvalue weighted by atomic mass is 35.5. The Morgan fingerprint density at radius 3 is 2.37 bits per heavy atom. The third-order valence-electron chi connectivity index (χ3n) is 6.55. The van der Waals surface area contributed by atoms with Crippen molar-refractivity contribution >= 4 is 29.9 Å². The molecule has 3 aliphatic rings. The zero-order chi connectivity index (χ0) is 18.1. The SMILES string of the molecule is Cl.NC1C2CCCC1CC(C(=O)Nc1cccc(C(=O)N3CCCC3)c1)C2. The van der Waals surface area contributed by atoms with Crippen LogP contribution in [-0.4, -0.2) is 35.8 Å². The highest BCUT2D eigenvalue weighted by Gasteiger charge is 2.40. The average Bonchev–Trinajstić information content (AvgIpc) is 3.15. The fourth-order valence-corrected chi connectivity index (χ4v) is 5.08. The van der Waals surface area contributed by atoms with Gasteiger partial charge in [0.2, 0.25) is 5.91 Å². The summed E-state index contributed by atoms with van der Waals surface area (Å²) in [5.41, 5.74) is 7.72. The number of nitrogens with zero attached hydrogens (tertiary/aromatic N) is 1. The highest BCUT2D eigenvalue weighted by Crippen LogP contribution is 2.42. The van der Waals surface area contributed by atoms with Crippen LogP contribution >= 0.6 is 12.4 Å². The fraction of sp³-hybridized carbons (Fsp3) is 0.619. The first kappa shape index (κ1) is 20.2. The van der Waals surface area contributed by atoms with E-state index in [0.29, 0.717) is 17.4 Å². The molecule has 2 saturated carbocycles. The van der Waals surface area contributed by atoms with Crippen LogP contribution in [0.4, 0.5) is 5.69 Å². The van der Waals surface area contributed by atoms with Gasteiger partial charge in [0.05, 0.1) is 0 Å². The molecule has 1 aliphatic heterocycles. The third kappa shape index (κ3) is 4.30. The molecule has 1 saturated heterocycles. The summed E-state index contributed by atoms with van der Waals surface area (Å²) in [6.45, 7) is 1.67. The second kappa shape index (κ2) is 8.61. The Morgan fingerprint density at radius 2 is 1.70 bits per heavy atom. The van der Waals surface area contributed by atoms with E-state index in [0.717, 1.165) is 57.3 Å². The Bertz CT molecular complexity index is 676. The van der Waals surface area contributed by atoms with Crippen molar-refractivity contribution in [2.75, 3.05) is 18.4 Å². The molecule has 2 atom stereocenters. The van der Waals surface area contributed by atoms with Crippen molar-refractivity contribution in [3.05, 3.63) is 29.8 Å². The second-order valence-corrected chi connectivity index (χ2v) is 8.27. The molecule has 2 bridgehead atoms. The molecule has 3 fully saturated rings. The normalized spacial score (nSPS) is 29.7. The van der Waals surface area contributed by atoms with Gasteiger partial charge < -0.3 is 16.0 Å². The Hall–Kier alpha value is -1.59. The summed E-state index contributed by atoms with van der Waals surface area (Å²) in [5.74, 6) is 1.17. The molecule has 2 aliphatic carbocycles. The Labute approximate surface area is 167 Å². The van der Waals surface area contributed by atoms with E-state index < -0.39 is 0 Å². The van der Waals surface area contributed by atoms with E-state index in [1.165, 1.54) is 6.42 Å². The molecular formula is C21H30ClN3O2. The van der Waals surface area contributed by atoms with Crippen molar-refractivity contribution in [3.8, 4) is 0 Å². The van der Waals surface area contributed by atoms with E-state index in [-0.39, 0.29) is 36.2 Å². The number of halogens is 1. The van der Waals surface area contributed by atoms with Crippen LogP contribution in [0.5, 0.6) is 0 Å². The number of amides is 2. The molecule has 2 amide bonds. The number of likely N-dealkylation sites (tertiary alicyclic amines) is 1. The third-order valence-corrected chi connectivity index (χ3v) is 6.55. The molecule has 0 aromatic heterocycles. The minimum absolute atomic E-state index is 0. The van der Waals surface area contributed by atoms with Gasteiger partial charge in [-0.05, 0) is 68.6 Å². The van der Waals surface area contributed by atoms with E-state index in [9.17, 15) is 9.59 Å². The van der Waals surface area contributed by atoms with Crippen LogP contribution in [0.3, 0.4) is 0 Å². The van der Waals surface area contributed by atoms with Crippen LogP contribution in [0.1, 0.15) is 55.3 Å². The first-order valence-corrected chi connectivity index (χ1v) is 10.1. The topological polar surface area (TPSA) is 75.4 Å². The minimum atomic E-state index is 0. The number of rotatable bonds is 3. The van der Waals surface area contributed by atoms with Gasteiger partial charge in [0, 0.05) is 36.3 Å². The van der Waals surface area contributed by atoms with E-state index >= 15 is 0 Å². The zero-order valence-electron chi connectivity index (χ0n) is 15.7. The molecule has 27 heavy (non-hydrogen) atoms. The number of hydrogen-bond acceptors (Lipinski definition) is 3. The van der Waals surface area contributed by atoms with Crippen LogP contribution in [0, 0.1) is 17.8 Å². The number of nitrogens with one attached hydrogen (secondary N) is 1. The smallest absolute Gasteiger partial charge is 0.253 e. The molecular weight excluding hydrogens is 362 g/mol. The summed E-state index contributed by atoms with van der Waals surface area (Å²) in [4.78, 5) is 27.2. The largest absolute Gasteiger partial charge is 0.339 e. The molecule has 3 N–H and O–H groups in total. The van der Waals surface area contributed by atoms with Gasteiger partial charge >= 0.3 is 0 Å². The summed E-state index contributed by atoms with van der Waals surface area (Å²) < 4.78 is 0. The van der Waals surface area contributed by atoms with Gasteiger partial charge in [-0.3, -0.25) is 9.59 Å². The summed E-state index contributed by atoms with van der Waals surface area (Å²) in [6.07, 6.45) is 7.51. The number of hydrogen-bond donors (Lipinski definition) is 2. The molecule has 4 rings (SSSR count). The van der Waals surface area contributed by atoms with Gasteiger partial charge in [-0.15, -0.1) is 12.4 Å². The summed E-state index contributed by atoms with van der Waals surface area (Å²) in [7, 11) is 0. The molecule has 1 heterocycles. The van der Waals surface area contributed by atoms with E-state index in [1.807, 2.05) is 29.2 Å². The lowest BCUT2D eigenvalue weighted by atomic mass is 9.65. The van der Waals surface area contributed by atoms with Crippen LogP contribution in [0.25, 0.3) is 0 Å². The number of benzene rings is 1. The Morgan fingerprint density at radius 1 is 1.04 bits per heavy atom. The summed E-state index contributed by atoms with van der Waals surface area (Å²) in [5, 5.41) is 3.05. The van der Waals surface area contributed by atoms with Crippen molar-refractivity contribution in [1.29, 1.82) is 0 Å². The van der Waals surface area contributed by atoms with Crippen LogP contribution in [0.2, 0.25) is 0 Å². The Kier molecular flexibility index (Phi) is 6.43. The monoisotopic (exact) mass is 391 g/mol. The van der Waals surface area contributed by atoms with Gasteiger partial charge in [0.15, 0.2) is 0 Å². The molecule has 148 valence electrons. The molecule has 6 heteroatoms. The van der Waals surface area contributed by atoms with Crippen LogP contribution in [0.15, 0.2) is 24.3 Å². The second-order valence-electron chi connectivity index (χ2n) is 8.27. The van der Waals surface area contributed by atoms with E-state index in [2.05, 4.69) is 5.32 Å². The van der Waals surface area contributed by atoms with Gasteiger partial charge in [0.1, 0.15) is 0 Å². The van der Waals surface area contributed by atoms with Crippen molar-refractivity contribution in [2.24, 2.45) is 23.5 Å². The van der Waals surface area contributed by atoms with Crippen LogP contribution in [-0.2, 0) is 4.79 Å².